The fraction of sp³-hybridized carbons (Fsp3) is 0.400. The van der Waals surface area contributed by atoms with E-state index < -0.39 is 0 Å². The zero-order valence-electron chi connectivity index (χ0n) is 11.6. The van der Waals surface area contributed by atoms with Crippen molar-refractivity contribution in [1.82, 2.24) is 9.55 Å². The molecule has 0 aliphatic heterocycles. The van der Waals surface area contributed by atoms with Crippen molar-refractivity contribution >= 4 is 15.9 Å². The van der Waals surface area contributed by atoms with Crippen molar-refractivity contribution in [2.75, 3.05) is 0 Å². The van der Waals surface area contributed by atoms with E-state index in [1.807, 2.05) is 14.0 Å². The predicted molar refractivity (Wildman–Crippen MR) is 79.8 cm³/mol. The number of hydrogen-bond acceptors (Lipinski definition) is 1. The molecule has 0 saturated carbocycles. The van der Waals surface area contributed by atoms with Crippen LogP contribution in [0, 0.1) is 6.92 Å². The fourth-order valence-corrected chi connectivity index (χ4v) is 2.76. The second-order valence-electron chi connectivity index (χ2n) is 5.68. The minimum Gasteiger partial charge on any atom is -0.330 e. The summed E-state index contributed by atoms with van der Waals surface area (Å²) in [6.07, 6.45) is 0. The molecule has 0 N–H and O–H groups in total. The molecule has 0 saturated heterocycles. The SMILES string of the molecule is Cc1nc(Br)c(-c2ccc(C(C)(C)C)cc2)n1C. The summed E-state index contributed by atoms with van der Waals surface area (Å²) in [5.74, 6) is 1.01. The summed E-state index contributed by atoms with van der Waals surface area (Å²) in [5.41, 5.74) is 3.87. The maximum atomic E-state index is 4.44. The highest BCUT2D eigenvalue weighted by Gasteiger charge is 2.15. The van der Waals surface area contributed by atoms with Crippen LogP contribution in [0.4, 0.5) is 0 Å². The maximum absolute atomic E-state index is 4.44. The lowest BCUT2D eigenvalue weighted by Gasteiger charge is -2.19. The summed E-state index contributed by atoms with van der Waals surface area (Å²) in [5, 5.41) is 0. The zero-order valence-corrected chi connectivity index (χ0v) is 13.2. The van der Waals surface area contributed by atoms with Gasteiger partial charge in [-0.2, -0.15) is 0 Å². The Morgan fingerprint density at radius 1 is 1.11 bits per heavy atom. The van der Waals surface area contributed by atoms with E-state index in [9.17, 15) is 0 Å². The quantitative estimate of drug-likeness (QED) is 0.761. The van der Waals surface area contributed by atoms with Crippen molar-refractivity contribution in [2.45, 2.75) is 33.1 Å². The van der Waals surface area contributed by atoms with Gasteiger partial charge in [0, 0.05) is 12.6 Å². The van der Waals surface area contributed by atoms with E-state index in [1.54, 1.807) is 0 Å². The molecule has 0 amide bonds. The molecule has 96 valence electrons. The molecule has 0 atom stereocenters. The van der Waals surface area contributed by atoms with Crippen molar-refractivity contribution in [2.24, 2.45) is 7.05 Å². The molecule has 2 nitrogen and oxygen atoms in total. The van der Waals surface area contributed by atoms with Gasteiger partial charge < -0.3 is 4.57 Å². The van der Waals surface area contributed by atoms with Gasteiger partial charge in [-0.1, -0.05) is 45.0 Å². The lowest BCUT2D eigenvalue weighted by molar-refractivity contribution is 0.590. The van der Waals surface area contributed by atoms with Crippen LogP contribution in [0.1, 0.15) is 32.2 Å². The van der Waals surface area contributed by atoms with E-state index in [-0.39, 0.29) is 5.41 Å². The van der Waals surface area contributed by atoms with Gasteiger partial charge >= 0.3 is 0 Å². The highest BCUT2D eigenvalue weighted by molar-refractivity contribution is 9.10. The second-order valence-corrected chi connectivity index (χ2v) is 6.44. The summed E-state index contributed by atoms with van der Waals surface area (Å²) in [7, 11) is 2.04. The summed E-state index contributed by atoms with van der Waals surface area (Å²) >= 11 is 3.53. The van der Waals surface area contributed by atoms with Crippen LogP contribution in [-0.4, -0.2) is 9.55 Å². The molecule has 18 heavy (non-hydrogen) atoms. The standard InChI is InChI=1S/C15H19BrN2/c1-10-17-14(16)13(18(10)5)11-6-8-12(9-7-11)15(2,3)4/h6-9H,1-5H3. The number of benzene rings is 1. The van der Waals surface area contributed by atoms with Crippen LogP contribution >= 0.6 is 15.9 Å². The molecule has 2 rings (SSSR count). The van der Waals surface area contributed by atoms with Gasteiger partial charge in [-0.15, -0.1) is 0 Å². The van der Waals surface area contributed by atoms with Crippen LogP contribution in [0.25, 0.3) is 11.3 Å². The second kappa shape index (κ2) is 4.54. The molecule has 3 heteroatoms. The van der Waals surface area contributed by atoms with Gasteiger partial charge in [0.2, 0.25) is 0 Å². The number of halogens is 1. The number of rotatable bonds is 1. The molecule has 0 aliphatic carbocycles. The molecular weight excluding hydrogens is 288 g/mol. The Morgan fingerprint density at radius 2 is 1.67 bits per heavy atom. The van der Waals surface area contributed by atoms with Crippen LogP contribution in [0.2, 0.25) is 0 Å². The molecule has 1 aromatic carbocycles. The lowest BCUT2D eigenvalue weighted by Crippen LogP contribution is -2.10. The van der Waals surface area contributed by atoms with Gasteiger partial charge in [-0.05, 0) is 33.8 Å². The van der Waals surface area contributed by atoms with Gasteiger partial charge in [-0.3, -0.25) is 0 Å². The van der Waals surface area contributed by atoms with Crippen molar-refractivity contribution in [3.63, 3.8) is 0 Å². The zero-order chi connectivity index (χ0) is 13.5. The minimum absolute atomic E-state index is 0.193. The lowest BCUT2D eigenvalue weighted by atomic mass is 9.86. The van der Waals surface area contributed by atoms with Crippen molar-refractivity contribution in [1.29, 1.82) is 0 Å². The summed E-state index contributed by atoms with van der Waals surface area (Å²) < 4.78 is 3.02. The van der Waals surface area contributed by atoms with Gasteiger partial charge in [0.1, 0.15) is 10.4 Å². The summed E-state index contributed by atoms with van der Waals surface area (Å²) in [4.78, 5) is 4.44. The number of nitrogens with zero attached hydrogens (tertiary/aromatic N) is 2. The Bertz CT molecular complexity index is 559. The molecule has 0 radical (unpaired) electrons. The van der Waals surface area contributed by atoms with Crippen LogP contribution in [0.5, 0.6) is 0 Å². The van der Waals surface area contributed by atoms with E-state index in [0.717, 1.165) is 16.1 Å². The van der Waals surface area contributed by atoms with E-state index in [1.165, 1.54) is 11.1 Å². The normalized spacial score (nSPS) is 11.9. The van der Waals surface area contributed by atoms with Crippen LogP contribution < -0.4 is 0 Å². The summed E-state index contributed by atoms with van der Waals surface area (Å²) in [6.45, 7) is 8.70. The number of aromatic nitrogens is 2. The first-order valence-corrected chi connectivity index (χ1v) is 6.89. The maximum Gasteiger partial charge on any atom is 0.132 e. The Hall–Kier alpha value is -1.09. The minimum atomic E-state index is 0.193. The molecule has 0 unspecified atom stereocenters. The third-order valence-electron chi connectivity index (χ3n) is 3.30. The third kappa shape index (κ3) is 2.37. The largest absolute Gasteiger partial charge is 0.330 e. The Labute approximate surface area is 117 Å². The average molecular weight is 307 g/mol. The highest BCUT2D eigenvalue weighted by Crippen LogP contribution is 2.30. The van der Waals surface area contributed by atoms with Crippen molar-refractivity contribution in [3.8, 4) is 11.3 Å². The third-order valence-corrected chi connectivity index (χ3v) is 3.85. The van der Waals surface area contributed by atoms with Crippen molar-refractivity contribution < 1.29 is 0 Å². The Morgan fingerprint density at radius 3 is 2.06 bits per heavy atom. The van der Waals surface area contributed by atoms with Crippen LogP contribution in [-0.2, 0) is 12.5 Å². The van der Waals surface area contributed by atoms with Gasteiger partial charge in [-0.25, -0.2) is 4.98 Å². The van der Waals surface area contributed by atoms with Crippen LogP contribution in [0.15, 0.2) is 28.9 Å². The molecule has 2 aromatic rings. The first kappa shape index (κ1) is 13.3. The molecular formula is C15H19BrN2. The van der Waals surface area contributed by atoms with E-state index in [4.69, 9.17) is 0 Å². The number of hydrogen-bond donors (Lipinski definition) is 0. The Kier molecular flexibility index (Phi) is 3.37. The first-order valence-electron chi connectivity index (χ1n) is 6.10. The predicted octanol–water partition coefficient (Wildman–Crippen LogP) is 4.46. The van der Waals surface area contributed by atoms with Gasteiger partial charge in [0.05, 0.1) is 5.69 Å². The molecule has 1 aromatic heterocycles. The number of aryl methyl sites for hydroxylation is 1. The molecule has 0 fully saturated rings. The Balaban J connectivity index is 2.47. The topological polar surface area (TPSA) is 17.8 Å². The molecule has 0 spiro atoms. The van der Waals surface area contributed by atoms with Gasteiger partial charge in [0.25, 0.3) is 0 Å². The average Bonchev–Trinajstić information content (AvgIpc) is 2.52. The van der Waals surface area contributed by atoms with E-state index in [2.05, 4.69) is 70.5 Å². The van der Waals surface area contributed by atoms with Crippen LogP contribution in [0.3, 0.4) is 0 Å². The van der Waals surface area contributed by atoms with E-state index in [0.29, 0.717) is 0 Å². The summed E-state index contributed by atoms with van der Waals surface area (Å²) in [6, 6.07) is 8.73. The smallest absolute Gasteiger partial charge is 0.132 e. The van der Waals surface area contributed by atoms with Gasteiger partial charge in [0.15, 0.2) is 0 Å². The monoisotopic (exact) mass is 306 g/mol. The molecule has 1 heterocycles. The molecule has 0 bridgehead atoms. The molecule has 0 aliphatic rings. The number of imidazole rings is 1. The van der Waals surface area contributed by atoms with E-state index >= 15 is 0 Å². The fourth-order valence-electron chi connectivity index (χ4n) is 2.01. The first-order chi connectivity index (χ1) is 8.30. The van der Waals surface area contributed by atoms with Crippen molar-refractivity contribution in [3.05, 3.63) is 40.3 Å². The highest BCUT2D eigenvalue weighted by atomic mass is 79.9.